The highest BCUT2D eigenvalue weighted by Crippen LogP contribution is 2.02. The Morgan fingerprint density at radius 3 is 2.90 bits per heavy atom. The van der Waals surface area contributed by atoms with E-state index in [-0.39, 0.29) is 6.54 Å². The van der Waals surface area contributed by atoms with Crippen LogP contribution in [0.1, 0.15) is 12.0 Å². The average molecular weight is 288 g/mol. The highest BCUT2D eigenvalue weighted by molar-refractivity contribution is 5.03. The van der Waals surface area contributed by atoms with Crippen molar-refractivity contribution < 1.29 is 13.5 Å². The maximum absolute atomic E-state index is 12.2. The maximum Gasteiger partial charge on any atom is 0.257 e. The monoisotopic (exact) mass is 288 g/mol. The van der Waals surface area contributed by atoms with E-state index in [1.165, 1.54) is 4.68 Å². The Hall–Kier alpha value is -1.05. The molecule has 1 aromatic rings. The lowest BCUT2D eigenvalue weighted by atomic mass is 10.3. The summed E-state index contributed by atoms with van der Waals surface area (Å²) < 4.78 is 30.9. The summed E-state index contributed by atoms with van der Waals surface area (Å²) in [5.41, 5.74) is 0.942. The van der Waals surface area contributed by atoms with Gasteiger partial charge in [-0.25, -0.2) is 8.78 Å². The molecule has 1 aliphatic heterocycles. The summed E-state index contributed by atoms with van der Waals surface area (Å²) in [7, 11) is 0. The first-order valence-electron chi connectivity index (χ1n) is 7.04. The van der Waals surface area contributed by atoms with Crippen molar-refractivity contribution in [3.05, 3.63) is 18.0 Å². The van der Waals surface area contributed by atoms with E-state index in [9.17, 15) is 8.78 Å². The van der Waals surface area contributed by atoms with Crippen molar-refractivity contribution in [3.63, 3.8) is 0 Å². The number of alkyl halides is 2. The summed E-state index contributed by atoms with van der Waals surface area (Å²) in [6, 6.07) is 0. The van der Waals surface area contributed by atoms with Gasteiger partial charge in [-0.2, -0.15) is 5.10 Å². The number of nitrogens with one attached hydrogen (secondary N) is 1. The van der Waals surface area contributed by atoms with E-state index in [4.69, 9.17) is 4.74 Å². The number of morpholine rings is 1. The third kappa shape index (κ3) is 5.52. The molecule has 0 aliphatic carbocycles. The van der Waals surface area contributed by atoms with Gasteiger partial charge >= 0.3 is 0 Å². The van der Waals surface area contributed by atoms with Crippen molar-refractivity contribution in [1.82, 2.24) is 20.0 Å². The molecule has 0 atom stereocenters. The fourth-order valence-corrected chi connectivity index (χ4v) is 2.22. The van der Waals surface area contributed by atoms with Crippen LogP contribution in [0.5, 0.6) is 0 Å². The van der Waals surface area contributed by atoms with Crippen LogP contribution >= 0.6 is 0 Å². The molecule has 1 saturated heterocycles. The molecule has 0 radical (unpaired) electrons. The Bertz CT molecular complexity index is 380. The minimum atomic E-state index is -2.36. The van der Waals surface area contributed by atoms with Crippen LogP contribution in [-0.4, -0.2) is 60.5 Å². The van der Waals surface area contributed by atoms with Gasteiger partial charge in [0.1, 0.15) is 6.54 Å². The van der Waals surface area contributed by atoms with Gasteiger partial charge in [0.2, 0.25) is 0 Å². The molecule has 1 N–H and O–H groups in total. The Morgan fingerprint density at radius 1 is 1.35 bits per heavy atom. The van der Waals surface area contributed by atoms with Gasteiger partial charge in [-0.3, -0.25) is 9.58 Å². The molecule has 0 unspecified atom stereocenters. The van der Waals surface area contributed by atoms with E-state index >= 15 is 0 Å². The standard InChI is InChI=1S/C13H22F2N4O/c14-13(15)11-19-10-12(9-17-19)8-16-2-1-3-18-4-6-20-7-5-18/h9-10,13,16H,1-8,11H2. The first-order chi connectivity index (χ1) is 9.74. The molecule has 2 heterocycles. The van der Waals surface area contributed by atoms with E-state index in [0.29, 0.717) is 6.54 Å². The second-order valence-electron chi connectivity index (χ2n) is 4.95. The Morgan fingerprint density at radius 2 is 2.15 bits per heavy atom. The molecule has 1 aliphatic rings. The van der Waals surface area contributed by atoms with Gasteiger partial charge in [-0.05, 0) is 19.5 Å². The second kappa shape index (κ2) is 8.28. The highest BCUT2D eigenvalue weighted by atomic mass is 19.3. The molecular formula is C13H22F2N4O. The van der Waals surface area contributed by atoms with Crippen LogP contribution in [0.25, 0.3) is 0 Å². The van der Waals surface area contributed by atoms with Crippen molar-refractivity contribution in [2.24, 2.45) is 0 Å². The molecule has 1 aromatic heterocycles. The van der Waals surface area contributed by atoms with Gasteiger partial charge in [0.25, 0.3) is 6.43 Å². The van der Waals surface area contributed by atoms with Gasteiger partial charge in [-0.1, -0.05) is 0 Å². The van der Waals surface area contributed by atoms with Gasteiger partial charge in [0.05, 0.1) is 19.4 Å². The zero-order chi connectivity index (χ0) is 14.2. The zero-order valence-electron chi connectivity index (χ0n) is 11.6. The summed E-state index contributed by atoms with van der Waals surface area (Å²) in [6.07, 6.45) is 2.02. The second-order valence-corrected chi connectivity index (χ2v) is 4.95. The minimum Gasteiger partial charge on any atom is -0.379 e. The molecule has 0 bridgehead atoms. The highest BCUT2D eigenvalue weighted by Gasteiger charge is 2.09. The SMILES string of the molecule is FC(F)Cn1cc(CNCCCN2CCOCC2)cn1. The molecule has 0 saturated carbocycles. The fourth-order valence-electron chi connectivity index (χ4n) is 2.22. The number of hydrogen-bond donors (Lipinski definition) is 1. The largest absolute Gasteiger partial charge is 0.379 e. The Balaban J connectivity index is 1.55. The van der Waals surface area contributed by atoms with Gasteiger partial charge in [-0.15, -0.1) is 0 Å². The summed E-state index contributed by atoms with van der Waals surface area (Å²) in [5, 5.41) is 7.21. The van der Waals surface area contributed by atoms with Crippen molar-refractivity contribution in [2.75, 3.05) is 39.4 Å². The average Bonchev–Trinajstić information content (AvgIpc) is 2.86. The fraction of sp³-hybridized carbons (Fsp3) is 0.769. The quantitative estimate of drug-likeness (QED) is 0.724. The molecule has 0 aromatic carbocycles. The zero-order valence-corrected chi connectivity index (χ0v) is 11.6. The molecule has 1 fully saturated rings. The van der Waals surface area contributed by atoms with Crippen LogP contribution < -0.4 is 5.32 Å². The van der Waals surface area contributed by atoms with Gasteiger partial charge < -0.3 is 10.1 Å². The van der Waals surface area contributed by atoms with Crippen LogP contribution in [0.15, 0.2) is 12.4 Å². The summed E-state index contributed by atoms with van der Waals surface area (Å²) in [5.74, 6) is 0. The lowest BCUT2D eigenvalue weighted by Crippen LogP contribution is -2.37. The minimum absolute atomic E-state index is 0.336. The van der Waals surface area contributed by atoms with Crippen LogP contribution in [0.2, 0.25) is 0 Å². The van der Waals surface area contributed by atoms with Crippen LogP contribution in [0, 0.1) is 0 Å². The maximum atomic E-state index is 12.2. The molecule has 2 rings (SSSR count). The van der Waals surface area contributed by atoms with E-state index in [1.807, 2.05) is 0 Å². The number of aromatic nitrogens is 2. The molecular weight excluding hydrogens is 266 g/mol. The van der Waals surface area contributed by atoms with Crippen LogP contribution in [-0.2, 0) is 17.8 Å². The normalized spacial score (nSPS) is 16.9. The molecule has 114 valence electrons. The number of nitrogens with zero attached hydrogens (tertiary/aromatic N) is 3. The molecule has 0 spiro atoms. The lowest BCUT2D eigenvalue weighted by molar-refractivity contribution is 0.0374. The van der Waals surface area contributed by atoms with Gasteiger partial charge in [0, 0.05) is 31.4 Å². The van der Waals surface area contributed by atoms with Crippen LogP contribution in [0.3, 0.4) is 0 Å². The van der Waals surface area contributed by atoms with E-state index in [0.717, 1.165) is 51.4 Å². The van der Waals surface area contributed by atoms with E-state index in [2.05, 4.69) is 15.3 Å². The topological polar surface area (TPSA) is 42.3 Å². The Kier molecular flexibility index (Phi) is 6.35. The summed E-state index contributed by atoms with van der Waals surface area (Å²) in [4.78, 5) is 2.39. The molecule has 20 heavy (non-hydrogen) atoms. The number of rotatable bonds is 8. The third-order valence-corrected chi connectivity index (χ3v) is 3.27. The first-order valence-corrected chi connectivity index (χ1v) is 7.04. The summed E-state index contributed by atoms with van der Waals surface area (Å²) >= 11 is 0. The molecule has 0 amide bonds. The summed E-state index contributed by atoms with van der Waals surface area (Å²) in [6.45, 7) is 6.01. The predicted octanol–water partition coefficient (Wildman–Crippen LogP) is 0.960. The van der Waals surface area contributed by atoms with Crippen molar-refractivity contribution >= 4 is 0 Å². The molecule has 7 heteroatoms. The third-order valence-electron chi connectivity index (χ3n) is 3.27. The first kappa shape index (κ1) is 15.3. The van der Waals surface area contributed by atoms with Crippen LogP contribution in [0.4, 0.5) is 8.78 Å². The molecule has 5 nitrogen and oxygen atoms in total. The number of ether oxygens (including phenoxy) is 1. The van der Waals surface area contributed by atoms with E-state index < -0.39 is 6.43 Å². The van der Waals surface area contributed by atoms with Gasteiger partial charge in [0.15, 0.2) is 0 Å². The Labute approximate surface area is 117 Å². The van der Waals surface area contributed by atoms with Crippen molar-refractivity contribution in [3.8, 4) is 0 Å². The lowest BCUT2D eigenvalue weighted by Gasteiger charge is -2.26. The predicted molar refractivity (Wildman–Crippen MR) is 71.8 cm³/mol. The number of halogens is 2. The van der Waals surface area contributed by atoms with Crippen molar-refractivity contribution in [2.45, 2.75) is 25.9 Å². The van der Waals surface area contributed by atoms with E-state index in [1.54, 1.807) is 12.4 Å². The van der Waals surface area contributed by atoms with Crippen molar-refractivity contribution in [1.29, 1.82) is 0 Å². The number of hydrogen-bond acceptors (Lipinski definition) is 4. The smallest absolute Gasteiger partial charge is 0.257 e.